The van der Waals surface area contributed by atoms with Crippen molar-refractivity contribution in [3.63, 3.8) is 0 Å². The number of rotatable bonds is 5. The minimum absolute atomic E-state index is 0.0329. The average Bonchev–Trinajstić information content (AvgIpc) is 3.01. The topological polar surface area (TPSA) is 64.6 Å². The van der Waals surface area contributed by atoms with E-state index in [1.54, 1.807) is 0 Å². The monoisotopic (exact) mass is 385 g/mol. The number of allylic oxidation sites excluding steroid dienone is 1. The molecule has 0 aliphatic carbocycles. The van der Waals surface area contributed by atoms with Crippen molar-refractivity contribution in [1.82, 2.24) is 5.32 Å². The van der Waals surface area contributed by atoms with Gasteiger partial charge in [0.1, 0.15) is 19.1 Å². The summed E-state index contributed by atoms with van der Waals surface area (Å²) in [5.74, 6) is -3.95. The Kier molecular flexibility index (Phi) is 5.20. The molecule has 0 bridgehead atoms. The Morgan fingerprint density at radius 2 is 2.15 bits per heavy atom. The Bertz CT molecular complexity index is 863. The number of dihydropyridines is 1. The molecule has 0 radical (unpaired) electrons. The van der Waals surface area contributed by atoms with E-state index in [9.17, 15) is 27.2 Å². The molecule has 1 atom stereocenters. The zero-order valence-electron chi connectivity index (χ0n) is 14.2. The molecule has 1 aromatic carbocycles. The number of nitrogens with one attached hydrogen (secondary N) is 1. The molecule has 9 heteroatoms. The van der Waals surface area contributed by atoms with Gasteiger partial charge < -0.3 is 14.8 Å². The fourth-order valence-corrected chi connectivity index (χ4v) is 3.36. The Morgan fingerprint density at radius 1 is 1.41 bits per heavy atom. The minimum Gasteiger partial charge on any atom is -0.466 e. The molecule has 0 fully saturated rings. The highest BCUT2D eigenvalue weighted by atomic mass is 19.3. The number of carbonyl (C=O) groups excluding carboxylic acids is 2. The van der Waals surface area contributed by atoms with Crippen LogP contribution in [0.25, 0.3) is 0 Å². The third kappa shape index (κ3) is 3.29. The van der Waals surface area contributed by atoms with Crippen LogP contribution in [0, 0.1) is 5.82 Å². The highest BCUT2D eigenvalue weighted by Gasteiger charge is 2.43. The van der Waals surface area contributed by atoms with Gasteiger partial charge in [-0.15, -0.1) is 0 Å². The zero-order valence-corrected chi connectivity index (χ0v) is 14.2. The Hall–Kier alpha value is -2.84. The van der Waals surface area contributed by atoms with Crippen molar-refractivity contribution in [2.45, 2.75) is 18.8 Å². The van der Waals surface area contributed by atoms with E-state index in [1.165, 1.54) is 12.1 Å². The van der Waals surface area contributed by atoms with Crippen molar-refractivity contribution in [2.24, 2.45) is 0 Å². The van der Waals surface area contributed by atoms with Crippen LogP contribution in [-0.2, 0) is 25.5 Å². The normalized spacial score (nSPS) is 19.2. The lowest BCUT2D eigenvalue weighted by atomic mass is 9.78. The first-order valence-electron chi connectivity index (χ1n) is 7.99. The van der Waals surface area contributed by atoms with Crippen molar-refractivity contribution in [1.29, 1.82) is 0 Å². The van der Waals surface area contributed by atoms with Crippen LogP contribution in [0.15, 0.2) is 40.7 Å². The number of halogens is 4. The number of ether oxygens (including phenoxy) is 2. The van der Waals surface area contributed by atoms with E-state index >= 15 is 0 Å². The van der Waals surface area contributed by atoms with Gasteiger partial charge >= 0.3 is 11.9 Å². The van der Waals surface area contributed by atoms with E-state index in [2.05, 4.69) is 10.1 Å². The Labute approximate surface area is 151 Å². The quantitative estimate of drug-likeness (QED) is 0.623. The van der Waals surface area contributed by atoms with Gasteiger partial charge in [0.25, 0.3) is 0 Å². The summed E-state index contributed by atoms with van der Waals surface area (Å²) in [6, 6.07) is 3.60. The van der Waals surface area contributed by atoms with E-state index in [1.807, 2.05) is 0 Å². The second-order valence-electron chi connectivity index (χ2n) is 5.95. The van der Waals surface area contributed by atoms with Crippen molar-refractivity contribution in [3.8, 4) is 0 Å². The molecular formula is C18H15F4NO4. The number of hydrogen-bond acceptors (Lipinski definition) is 5. The molecule has 5 nitrogen and oxygen atoms in total. The van der Waals surface area contributed by atoms with E-state index in [0.29, 0.717) is 0 Å². The van der Waals surface area contributed by atoms with Gasteiger partial charge in [0.2, 0.25) is 6.43 Å². The van der Waals surface area contributed by atoms with Gasteiger partial charge in [-0.2, -0.15) is 0 Å². The molecule has 1 N–H and O–H groups in total. The van der Waals surface area contributed by atoms with Gasteiger partial charge in [-0.25, -0.2) is 27.2 Å². The fraction of sp³-hybridized carbons (Fsp3) is 0.333. The Balaban J connectivity index is 2.27. The number of carbonyl (C=O) groups is 2. The number of cyclic esters (lactones) is 1. The molecule has 2 aliphatic rings. The number of esters is 2. The molecule has 0 saturated carbocycles. The fourth-order valence-electron chi connectivity index (χ4n) is 3.36. The first-order valence-corrected chi connectivity index (χ1v) is 7.99. The largest absolute Gasteiger partial charge is 0.466 e. The molecule has 1 aromatic rings. The molecule has 3 rings (SSSR count). The maximum Gasteiger partial charge on any atom is 0.337 e. The molecular weight excluding hydrogens is 370 g/mol. The summed E-state index contributed by atoms with van der Waals surface area (Å²) in [5.41, 5.74) is -0.693. The molecule has 1 unspecified atom stereocenters. The maximum absolute atomic E-state index is 14.3. The summed E-state index contributed by atoms with van der Waals surface area (Å²) in [7, 11) is 1.06. The van der Waals surface area contributed by atoms with Crippen molar-refractivity contribution < 1.29 is 36.6 Å². The van der Waals surface area contributed by atoms with Crippen LogP contribution in [0.3, 0.4) is 0 Å². The van der Waals surface area contributed by atoms with Crippen LogP contribution in [0.2, 0.25) is 0 Å². The van der Waals surface area contributed by atoms with Crippen LogP contribution in [-0.4, -0.2) is 38.8 Å². The van der Waals surface area contributed by atoms with E-state index in [4.69, 9.17) is 4.74 Å². The summed E-state index contributed by atoms with van der Waals surface area (Å²) in [6.45, 7) is -1.30. The molecule has 0 aromatic heterocycles. The summed E-state index contributed by atoms with van der Waals surface area (Å²) < 4.78 is 63.5. The lowest BCUT2D eigenvalue weighted by molar-refractivity contribution is -0.136. The molecule has 2 heterocycles. The third-order valence-corrected chi connectivity index (χ3v) is 4.46. The van der Waals surface area contributed by atoms with Gasteiger partial charge in [0.05, 0.1) is 35.6 Å². The summed E-state index contributed by atoms with van der Waals surface area (Å²) in [6.07, 6.45) is -3.79. The van der Waals surface area contributed by atoms with Crippen molar-refractivity contribution in [3.05, 3.63) is 57.7 Å². The smallest absolute Gasteiger partial charge is 0.337 e. The Morgan fingerprint density at radius 3 is 2.78 bits per heavy atom. The number of benzene rings is 1. The van der Waals surface area contributed by atoms with Gasteiger partial charge in [-0.05, 0) is 17.2 Å². The van der Waals surface area contributed by atoms with E-state index < -0.39 is 43.2 Å². The predicted octanol–water partition coefficient (Wildman–Crippen LogP) is 2.53. The highest BCUT2D eigenvalue weighted by molar-refractivity contribution is 6.01. The highest BCUT2D eigenvalue weighted by Crippen LogP contribution is 2.43. The maximum atomic E-state index is 14.3. The first kappa shape index (κ1) is 18.9. The number of alkyl halides is 3. The summed E-state index contributed by atoms with van der Waals surface area (Å²) in [5, 5.41) is 2.63. The first-order chi connectivity index (χ1) is 12.9. The SMILES string of the molecule is COC(=O)C1=C(CF)NC2=C(C(=O)OC2)C1c1cccc(F)c1CC(F)F. The number of hydrogen-bond donors (Lipinski definition) is 1. The lowest BCUT2D eigenvalue weighted by Crippen LogP contribution is -2.32. The minimum atomic E-state index is -2.86. The van der Waals surface area contributed by atoms with Crippen LogP contribution >= 0.6 is 0 Å². The molecule has 27 heavy (non-hydrogen) atoms. The van der Waals surface area contributed by atoms with Crippen molar-refractivity contribution in [2.75, 3.05) is 20.4 Å². The van der Waals surface area contributed by atoms with Crippen LogP contribution in [0.5, 0.6) is 0 Å². The van der Waals surface area contributed by atoms with Gasteiger partial charge in [-0.1, -0.05) is 12.1 Å². The van der Waals surface area contributed by atoms with Gasteiger partial charge in [0.15, 0.2) is 0 Å². The number of methoxy groups -OCH3 is 1. The van der Waals surface area contributed by atoms with E-state index in [0.717, 1.165) is 13.2 Å². The van der Waals surface area contributed by atoms with Crippen molar-refractivity contribution >= 4 is 11.9 Å². The zero-order chi connectivity index (χ0) is 19.7. The molecule has 144 valence electrons. The summed E-state index contributed by atoms with van der Waals surface area (Å²) >= 11 is 0. The predicted molar refractivity (Wildman–Crippen MR) is 85.0 cm³/mol. The second kappa shape index (κ2) is 7.42. The third-order valence-electron chi connectivity index (χ3n) is 4.46. The molecule has 0 amide bonds. The average molecular weight is 385 g/mol. The van der Waals surface area contributed by atoms with Crippen LogP contribution < -0.4 is 5.32 Å². The standard InChI is InChI=1S/C18H15F4NO4/c1-26-17(24)15-11(6-19)23-12-7-27-18(25)16(12)14(15)8-3-2-4-10(20)9(8)5-13(21)22/h2-4,13-14,23H,5-7H2,1H3. The molecule has 0 spiro atoms. The van der Waals surface area contributed by atoms with Gasteiger partial charge in [-0.3, -0.25) is 0 Å². The molecule has 0 saturated heterocycles. The van der Waals surface area contributed by atoms with E-state index in [-0.39, 0.29) is 40.3 Å². The lowest BCUT2D eigenvalue weighted by Gasteiger charge is -2.29. The van der Waals surface area contributed by atoms with Crippen LogP contribution in [0.4, 0.5) is 17.6 Å². The molecule has 2 aliphatic heterocycles. The van der Waals surface area contributed by atoms with Crippen LogP contribution in [0.1, 0.15) is 17.0 Å². The van der Waals surface area contributed by atoms with Gasteiger partial charge in [0, 0.05) is 6.42 Å². The second-order valence-corrected chi connectivity index (χ2v) is 5.95. The summed E-state index contributed by atoms with van der Waals surface area (Å²) in [4.78, 5) is 24.6.